The first-order valence-corrected chi connectivity index (χ1v) is 7.21. The maximum Gasteiger partial charge on any atom is 0.246 e. The molecule has 0 unspecified atom stereocenters. The number of nitrogens with one attached hydrogen (secondary N) is 2. The molecule has 10 heteroatoms. The molecule has 0 amide bonds. The van der Waals surface area contributed by atoms with Crippen molar-refractivity contribution in [1.29, 1.82) is 0 Å². The van der Waals surface area contributed by atoms with Gasteiger partial charge in [0.15, 0.2) is 5.82 Å². The minimum Gasteiger partial charge on any atom is -0.357 e. The van der Waals surface area contributed by atoms with E-state index in [1.165, 1.54) is 19.4 Å². The van der Waals surface area contributed by atoms with Gasteiger partial charge in [0, 0.05) is 14.1 Å². The molecule has 0 bridgehead atoms. The van der Waals surface area contributed by atoms with Crippen LogP contribution in [0.2, 0.25) is 0 Å². The summed E-state index contributed by atoms with van der Waals surface area (Å²) in [6.07, 6.45) is 2.52. The zero-order chi connectivity index (χ0) is 14.8. The van der Waals surface area contributed by atoms with Crippen molar-refractivity contribution in [2.75, 3.05) is 19.4 Å². The molecule has 0 radical (unpaired) electrons. The molecule has 2 heterocycles. The molecule has 2 N–H and O–H groups in total. The smallest absolute Gasteiger partial charge is 0.246 e. The Morgan fingerprint density at radius 1 is 1.35 bits per heavy atom. The molecule has 0 saturated carbocycles. The molecule has 0 aliphatic rings. The first kappa shape index (κ1) is 14.3. The van der Waals surface area contributed by atoms with Crippen LogP contribution in [0.3, 0.4) is 0 Å². The Morgan fingerprint density at radius 3 is 2.50 bits per heavy atom. The van der Waals surface area contributed by atoms with Crippen LogP contribution >= 0.6 is 0 Å². The molecule has 0 spiro atoms. The van der Waals surface area contributed by atoms with Crippen LogP contribution in [0.25, 0.3) is 0 Å². The van der Waals surface area contributed by atoms with Gasteiger partial charge in [-0.2, -0.15) is 9.40 Å². The highest BCUT2D eigenvalue weighted by Crippen LogP contribution is 2.14. The lowest BCUT2D eigenvalue weighted by Crippen LogP contribution is -2.27. The number of rotatable bonds is 5. The number of hydrogen-bond donors (Lipinski definition) is 2. The Hall–Kier alpha value is -2.07. The lowest BCUT2D eigenvalue weighted by Gasteiger charge is -2.14. The van der Waals surface area contributed by atoms with Crippen LogP contribution in [-0.2, 0) is 16.6 Å². The zero-order valence-electron chi connectivity index (χ0n) is 11.3. The minimum absolute atomic E-state index is 0.0197. The van der Waals surface area contributed by atoms with Crippen LogP contribution in [0.1, 0.15) is 11.6 Å². The summed E-state index contributed by atoms with van der Waals surface area (Å²) in [4.78, 5) is 11.9. The fraction of sp³-hybridized carbons (Fsp3) is 0.400. The van der Waals surface area contributed by atoms with Crippen molar-refractivity contribution in [3.63, 3.8) is 0 Å². The Labute approximate surface area is 116 Å². The maximum atomic E-state index is 12.3. The molecule has 9 nitrogen and oxygen atoms in total. The van der Waals surface area contributed by atoms with E-state index < -0.39 is 10.0 Å². The highest BCUT2D eigenvalue weighted by atomic mass is 32.2. The van der Waals surface area contributed by atoms with Crippen LogP contribution in [0.15, 0.2) is 17.3 Å². The number of aromatic amines is 1. The summed E-state index contributed by atoms with van der Waals surface area (Å²) >= 11 is 0. The number of aryl methyl sites for hydroxylation is 1. The van der Waals surface area contributed by atoms with Crippen molar-refractivity contribution >= 4 is 16.0 Å². The number of aromatic nitrogens is 5. The summed E-state index contributed by atoms with van der Waals surface area (Å²) in [6.45, 7) is 1.82. The molecule has 0 fully saturated rings. The number of nitrogens with zero attached hydrogens (tertiary/aromatic N) is 5. The van der Waals surface area contributed by atoms with Crippen LogP contribution in [0.5, 0.6) is 0 Å². The first-order chi connectivity index (χ1) is 9.43. The maximum absolute atomic E-state index is 12.3. The van der Waals surface area contributed by atoms with E-state index in [4.69, 9.17) is 0 Å². The molecular weight excluding hydrogens is 282 g/mol. The predicted octanol–water partition coefficient (Wildman–Crippen LogP) is -0.234. The fourth-order valence-corrected chi connectivity index (χ4v) is 2.52. The second-order valence-electron chi connectivity index (χ2n) is 4.09. The molecule has 0 aliphatic heterocycles. The lowest BCUT2D eigenvalue weighted by atomic mass is 10.6. The van der Waals surface area contributed by atoms with Gasteiger partial charge in [-0.05, 0) is 6.92 Å². The molecule has 2 aromatic rings. The van der Waals surface area contributed by atoms with E-state index in [2.05, 4.69) is 30.5 Å². The van der Waals surface area contributed by atoms with Crippen molar-refractivity contribution in [1.82, 2.24) is 29.5 Å². The summed E-state index contributed by atoms with van der Waals surface area (Å²) < 4.78 is 25.8. The summed E-state index contributed by atoms with van der Waals surface area (Å²) in [5.74, 6) is 1.39. The molecule has 2 rings (SSSR count). The van der Waals surface area contributed by atoms with E-state index in [1.807, 2.05) is 0 Å². The minimum atomic E-state index is -3.67. The van der Waals surface area contributed by atoms with E-state index in [0.717, 1.165) is 4.31 Å². The summed E-state index contributed by atoms with van der Waals surface area (Å²) in [5.41, 5.74) is 0. The van der Waals surface area contributed by atoms with Gasteiger partial charge in [0.25, 0.3) is 0 Å². The molecule has 0 saturated heterocycles. The van der Waals surface area contributed by atoms with Crippen molar-refractivity contribution in [2.45, 2.75) is 18.4 Å². The highest BCUT2D eigenvalue weighted by Gasteiger charge is 2.23. The van der Waals surface area contributed by atoms with Gasteiger partial charge in [0.1, 0.15) is 10.7 Å². The first-order valence-electron chi connectivity index (χ1n) is 5.77. The van der Waals surface area contributed by atoms with Crippen LogP contribution < -0.4 is 5.32 Å². The van der Waals surface area contributed by atoms with Crippen molar-refractivity contribution in [2.24, 2.45) is 0 Å². The van der Waals surface area contributed by atoms with Crippen molar-refractivity contribution in [3.8, 4) is 0 Å². The van der Waals surface area contributed by atoms with Crippen molar-refractivity contribution in [3.05, 3.63) is 24.0 Å². The molecule has 0 aliphatic carbocycles. The van der Waals surface area contributed by atoms with Gasteiger partial charge in [-0.1, -0.05) is 0 Å². The second kappa shape index (κ2) is 5.51. The number of anilines is 1. The van der Waals surface area contributed by atoms with Crippen LogP contribution in [0.4, 0.5) is 5.95 Å². The SMILES string of the molecule is CNc1ncc(S(=O)(=O)N(C)Cc2n[nH]c(C)n2)cn1. The quantitative estimate of drug-likeness (QED) is 0.782. The third-order valence-electron chi connectivity index (χ3n) is 2.57. The third kappa shape index (κ3) is 2.91. The Morgan fingerprint density at radius 2 is 2.00 bits per heavy atom. The molecule has 20 heavy (non-hydrogen) atoms. The normalized spacial score (nSPS) is 11.8. The molecule has 108 valence electrons. The average molecular weight is 297 g/mol. The fourth-order valence-electron chi connectivity index (χ4n) is 1.50. The van der Waals surface area contributed by atoms with Gasteiger partial charge >= 0.3 is 0 Å². The Kier molecular flexibility index (Phi) is 3.95. The topological polar surface area (TPSA) is 117 Å². The van der Waals surface area contributed by atoms with Crippen molar-refractivity contribution < 1.29 is 8.42 Å². The third-order valence-corrected chi connectivity index (χ3v) is 4.32. The largest absolute Gasteiger partial charge is 0.357 e. The Bertz CT molecular complexity index is 680. The molecule has 2 aromatic heterocycles. The lowest BCUT2D eigenvalue weighted by molar-refractivity contribution is 0.456. The molecule has 0 atom stereocenters. The monoisotopic (exact) mass is 297 g/mol. The van der Waals surface area contributed by atoms with E-state index in [1.54, 1.807) is 14.0 Å². The van der Waals surface area contributed by atoms with Gasteiger partial charge in [0.2, 0.25) is 16.0 Å². The molecular formula is C10H15N7O2S. The number of H-pyrrole nitrogens is 1. The summed E-state index contributed by atoms with van der Waals surface area (Å²) in [6, 6.07) is 0. The van der Waals surface area contributed by atoms with Crippen LogP contribution in [0, 0.1) is 6.92 Å². The predicted molar refractivity (Wildman–Crippen MR) is 71.4 cm³/mol. The van der Waals surface area contributed by atoms with E-state index in [0.29, 0.717) is 17.6 Å². The van der Waals surface area contributed by atoms with Gasteiger partial charge in [-0.3, -0.25) is 5.10 Å². The highest BCUT2D eigenvalue weighted by molar-refractivity contribution is 7.89. The van der Waals surface area contributed by atoms with Gasteiger partial charge in [-0.15, -0.1) is 0 Å². The summed E-state index contributed by atoms with van der Waals surface area (Å²) in [7, 11) is -0.561. The Balaban J connectivity index is 2.19. The van der Waals surface area contributed by atoms with E-state index in [-0.39, 0.29) is 11.4 Å². The van der Waals surface area contributed by atoms with E-state index in [9.17, 15) is 8.42 Å². The van der Waals surface area contributed by atoms with Gasteiger partial charge in [0.05, 0.1) is 18.9 Å². The van der Waals surface area contributed by atoms with Gasteiger partial charge in [-0.25, -0.2) is 23.4 Å². The second-order valence-corrected chi connectivity index (χ2v) is 6.14. The summed E-state index contributed by atoms with van der Waals surface area (Å²) in [5, 5.41) is 9.29. The molecule has 0 aromatic carbocycles. The number of hydrogen-bond acceptors (Lipinski definition) is 7. The average Bonchev–Trinajstić information content (AvgIpc) is 2.84. The number of sulfonamides is 1. The van der Waals surface area contributed by atoms with E-state index >= 15 is 0 Å². The standard InChI is InChI=1S/C10H15N7O2S/c1-7-14-9(16-15-7)6-17(3)20(18,19)8-4-12-10(11-2)13-5-8/h4-5H,6H2,1-3H3,(H,11,12,13)(H,14,15,16). The zero-order valence-corrected chi connectivity index (χ0v) is 12.1. The van der Waals surface area contributed by atoms with Gasteiger partial charge < -0.3 is 5.32 Å². The van der Waals surface area contributed by atoms with Crippen LogP contribution in [-0.4, -0.2) is 52.0 Å².